The summed E-state index contributed by atoms with van der Waals surface area (Å²) in [5, 5.41) is 1.27. The van der Waals surface area contributed by atoms with Crippen LogP contribution >= 0.6 is 22.9 Å². The lowest BCUT2D eigenvalue weighted by molar-refractivity contribution is 0.412. The Morgan fingerprint density at radius 2 is 1.78 bits per heavy atom. The summed E-state index contributed by atoms with van der Waals surface area (Å²) >= 11 is 7.48. The number of thiophene rings is 1. The number of hydrogen-bond acceptors (Lipinski definition) is 4. The van der Waals surface area contributed by atoms with Crippen LogP contribution in [0.3, 0.4) is 0 Å². The van der Waals surface area contributed by atoms with E-state index in [1.807, 2.05) is 44.2 Å². The number of aryl methyl sites for hydroxylation is 2. The Kier molecular flexibility index (Phi) is 4.50. The number of nitrogens with one attached hydrogen (secondary N) is 1. The fourth-order valence-electron chi connectivity index (χ4n) is 3.24. The Morgan fingerprint density at radius 1 is 1.07 bits per heavy atom. The fourth-order valence-corrected chi connectivity index (χ4v) is 4.42. The molecule has 0 atom stereocenters. The van der Waals surface area contributed by atoms with E-state index in [9.17, 15) is 4.79 Å². The molecule has 0 amide bonds. The Balaban J connectivity index is 1.91. The summed E-state index contributed by atoms with van der Waals surface area (Å²) in [4.78, 5) is 22.3. The molecule has 0 bridgehead atoms. The zero-order valence-corrected chi connectivity index (χ0v) is 16.7. The van der Waals surface area contributed by atoms with E-state index in [1.165, 1.54) is 11.3 Å². The van der Waals surface area contributed by atoms with E-state index in [0.29, 0.717) is 16.2 Å². The first kappa shape index (κ1) is 17.8. The van der Waals surface area contributed by atoms with Crippen molar-refractivity contribution >= 4 is 33.2 Å². The van der Waals surface area contributed by atoms with Gasteiger partial charge in [0.05, 0.1) is 12.5 Å². The molecule has 6 heteroatoms. The lowest BCUT2D eigenvalue weighted by Crippen LogP contribution is -2.09. The van der Waals surface area contributed by atoms with Crippen molar-refractivity contribution in [1.29, 1.82) is 0 Å². The molecule has 136 valence electrons. The number of methoxy groups -OCH3 is 1. The van der Waals surface area contributed by atoms with Gasteiger partial charge in [0.15, 0.2) is 0 Å². The van der Waals surface area contributed by atoms with Crippen molar-refractivity contribution in [3.8, 4) is 28.3 Å². The van der Waals surface area contributed by atoms with E-state index in [2.05, 4.69) is 4.98 Å². The molecule has 0 saturated carbocycles. The molecule has 0 unspecified atom stereocenters. The topological polar surface area (TPSA) is 55.0 Å². The standard InChI is InChI=1S/C21H17ClN2O2S/c1-11-10-14(6-9-16(11)26-3)17-12(2)27-21-18(17)20(25)23-19(24-21)13-4-7-15(22)8-5-13/h4-10H,1-3H3,(H,23,24,25). The zero-order chi connectivity index (χ0) is 19.1. The average molecular weight is 397 g/mol. The van der Waals surface area contributed by atoms with Gasteiger partial charge in [0.2, 0.25) is 0 Å². The summed E-state index contributed by atoms with van der Waals surface area (Å²) < 4.78 is 5.34. The van der Waals surface area contributed by atoms with Crippen LogP contribution in [0.1, 0.15) is 10.4 Å². The van der Waals surface area contributed by atoms with Crippen LogP contribution in [0, 0.1) is 13.8 Å². The van der Waals surface area contributed by atoms with Crippen molar-refractivity contribution in [2.45, 2.75) is 13.8 Å². The maximum atomic E-state index is 12.9. The highest BCUT2D eigenvalue weighted by Gasteiger charge is 2.18. The molecule has 2 heterocycles. The highest BCUT2D eigenvalue weighted by molar-refractivity contribution is 7.19. The summed E-state index contributed by atoms with van der Waals surface area (Å²) in [5.74, 6) is 1.37. The first-order valence-electron chi connectivity index (χ1n) is 8.42. The van der Waals surface area contributed by atoms with Gasteiger partial charge in [-0.05, 0) is 61.4 Å². The summed E-state index contributed by atoms with van der Waals surface area (Å²) in [5.41, 5.74) is 3.63. The van der Waals surface area contributed by atoms with Crippen molar-refractivity contribution in [3.63, 3.8) is 0 Å². The molecule has 4 aromatic rings. The van der Waals surface area contributed by atoms with Gasteiger partial charge in [-0.2, -0.15) is 0 Å². The van der Waals surface area contributed by atoms with Gasteiger partial charge in [-0.3, -0.25) is 4.79 Å². The number of fused-ring (bicyclic) bond motifs is 1. The molecule has 0 aliphatic rings. The van der Waals surface area contributed by atoms with Gasteiger partial charge in [0, 0.05) is 21.0 Å². The second-order valence-corrected chi connectivity index (χ2v) is 7.96. The quantitative estimate of drug-likeness (QED) is 0.490. The predicted octanol–water partition coefficient (Wildman–Crippen LogP) is 5.60. The molecule has 2 aromatic heterocycles. The summed E-state index contributed by atoms with van der Waals surface area (Å²) in [7, 11) is 1.65. The second kappa shape index (κ2) is 6.83. The number of halogens is 1. The number of rotatable bonds is 3. The van der Waals surface area contributed by atoms with Gasteiger partial charge in [0.25, 0.3) is 5.56 Å². The van der Waals surface area contributed by atoms with Crippen molar-refractivity contribution in [1.82, 2.24) is 9.97 Å². The minimum Gasteiger partial charge on any atom is -0.496 e. The minimum absolute atomic E-state index is 0.141. The van der Waals surface area contributed by atoms with Crippen molar-refractivity contribution in [2.24, 2.45) is 0 Å². The number of ether oxygens (including phenoxy) is 1. The number of nitrogens with zero attached hydrogens (tertiary/aromatic N) is 1. The summed E-state index contributed by atoms with van der Waals surface area (Å²) in [6, 6.07) is 13.2. The second-order valence-electron chi connectivity index (χ2n) is 6.32. The van der Waals surface area contributed by atoms with E-state index in [0.717, 1.165) is 37.7 Å². The lowest BCUT2D eigenvalue weighted by atomic mass is 10.0. The first-order chi connectivity index (χ1) is 13.0. The zero-order valence-electron chi connectivity index (χ0n) is 15.1. The maximum absolute atomic E-state index is 12.9. The van der Waals surface area contributed by atoms with Gasteiger partial charge in [0.1, 0.15) is 16.4 Å². The summed E-state index contributed by atoms with van der Waals surface area (Å²) in [6.07, 6.45) is 0. The maximum Gasteiger partial charge on any atom is 0.260 e. The number of hydrogen-bond donors (Lipinski definition) is 1. The number of aromatic nitrogens is 2. The highest BCUT2D eigenvalue weighted by atomic mass is 35.5. The van der Waals surface area contributed by atoms with E-state index >= 15 is 0 Å². The molecule has 4 nitrogen and oxygen atoms in total. The van der Waals surface area contributed by atoms with Crippen LogP contribution in [0.15, 0.2) is 47.3 Å². The van der Waals surface area contributed by atoms with Crippen molar-refractivity contribution in [3.05, 3.63) is 68.3 Å². The van der Waals surface area contributed by atoms with Gasteiger partial charge in [-0.25, -0.2) is 4.98 Å². The normalized spacial score (nSPS) is 11.1. The molecule has 1 N–H and O–H groups in total. The van der Waals surface area contributed by atoms with Crippen molar-refractivity contribution < 1.29 is 4.74 Å². The fraction of sp³-hybridized carbons (Fsp3) is 0.143. The Labute approximate surface area is 165 Å². The van der Waals surface area contributed by atoms with E-state index in [4.69, 9.17) is 21.3 Å². The third-order valence-electron chi connectivity index (χ3n) is 4.54. The van der Waals surface area contributed by atoms with E-state index < -0.39 is 0 Å². The molecule has 0 spiro atoms. The largest absolute Gasteiger partial charge is 0.496 e. The number of aromatic amines is 1. The molecule has 0 aliphatic heterocycles. The third kappa shape index (κ3) is 3.13. The average Bonchev–Trinajstić information content (AvgIpc) is 2.98. The monoisotopic (exact) mass is 396 g/mol. The molecule has 2 aromatic carbocycles. The van der Waals surface area contributed by atoms with Crippen LogP contribution in [0.25, 0.3) is 32.7 Å². The van der Waals surface area contributed by atoms with Gasteiger partial charge < -0.3 is 9.72 Å². The van der Waals surface area contributed by atoms with Crippen LogP contribution in [0.5, 0.6) is 5.75 Å². The highest BCUT2D eigenvalue weighted by Crippen LogP contribution is 2.37. The number of H-pyrrole nitrogens is 1. The molecule has 0 radical (unpaired) electrons. The smallest absolute Gasteiger partial charge is 0.260 e. The summed E-state index contributed by atoms with van der Waals surface area (Å²) in [6.45, 7) is 4.01. The van der Waals surface area contributed by atoms with Crippen molar-refractivity contribution in [2.75, 3.05) is 7.11 Å². The van der Waals surface area contributed by atoms with Crippen LogP contribution in [-0.4, -0.2) is 17.1 Å². The lowest BCUT2D eigenvalue weighted by Gasteiger charge is -2.08. The minimum atomic E-state index is -0.141. The number of benzene rings is 2. The molecule has 0 fully saturated rings. The van der Waals surface area contributed by atoms with Crippen LogP contribution in [0.4, 0.5) is 0 Å². The molecule has 4 rings (SSSR count). The van der Waals surface area contributed by atoms with E-state index in [-0.39, 0.29) is 5.56 Å². The molecule has 0 aliphatic carbocycles. The van der Waals surface area contributed by atoms with Gasteiger partial charge in [-0.1, -0.05) is 17.7 Å². The first-order valence-corrected chi connectivity index (χ1v) is 9.61. The van der Waals surface area contributed by atoms with Crippen LogP contribution in [0.2, 0.25) is 5.02 Å². The molecule has 27 heavy (non-hydrogen) atoms. The Hall–Kier alpha value is -2.63. The molecule has 0 saturated heterocycles. The Bertz CT molecular complexity index is 1210. The van der Waals surface area contributed by atoms with Gasteiger partial charge in [-0.15, -0.1) is 11.3 Å². The third-order valence-corrected chi connectivity index (χ3v) is 5.79. The predicted molar refractivity (Wildman–Crippen MR) is 112 cm³/mol. The molecular formula is C21H17ClN2O2S. The molecular weight excluding hydrogens is 380 g/mol. The Morgan fingerprint density at radius 3 is 2.44 bits per heavy atom. The van der Waals surface area contributed by atoms with E-state index in [1.54, 1.807) is 19.2 Å². The SMILES string of the molecule is COc1ccc(-c2c(C)sc3nc(-c4ccc(Cl)cc4)[nH]c(=O)c23)cc1C. The van der Waals surface area contributed by atoms with Gasteiger partial charge >= 0.3 is 0 Å². The van der Waals surface area contributed by atoms with Crippen LogP contribution in [-0.2, 0) is 0 Å². The van der Waals surface area contributed by atoms with Crippen LogP contribution < -0.4 is 10.3 Å².